The molecule has 0 unspecified atom stereocenters. The summed E-state index contributed by atoms with van der Waals surface area (Å²) < 4.78 is 0. The first-order chi connectivity index (χ1) is 4.18. The van der Waals surface area contributed by atoms with Crippen LogP contribution >= 0.6 is 0 Å². The SMILES string of the molecule is C=C1CC(=N)CC(N)=N1. The molecule has 1 rings (SSSR count). The summed E-state index contributed by atoms with van der Waals surface area (Å²) in [6, 6.07) is 0. The molecular weight excluding hydrogens is 114 g/mol. The van der Waals surface area contributed by atoms with E-state index in [1.165, 1.54) is 0 Å². The second kappa shape index (κ2) is 2.01. The lowest BCUT2D eigenvalue weighted by Gasteiger charge is -2.09. The Bertz CT molecular complexity index is 190. The normalized spacial score (nSPS) is 19.8. The van der Waals surface area contributed by atoms with Crippen molar-refractivity contribution in [3.63, 3.8) is 0 Å². The third-order valence-electron chi connectivity index (χ3n) is 1.11. The molecule has 3 N–H and O–H groups in total. The zero-order valence-corrected chi connectivity index (χ0v) is 5.15. The fraction of sp³-hybridized carbons (Fsp3) is 0.333. The van der Waals surface area contributed by atoms with Crippen molar-refractivity contribution >= 4 is 11.5 Å². The van der Waals surface area contributed by atoms with Crippen LogP contribution in [0, 0.1) is 5.41 Å². The Kier molecular flexibility index (Phi) is 1.34. The lowest BCUT2D eigenvalue weighted by molar-refractivity contribution is 1.11. The number of allylic oxidation sites excluding steroid dienone is 1. The van der Waals surface area contributed by atoms with Gasteiger partial charge in [-0.25, -0.2) is 4.99 Å². The molecule has 0 saturated carbocycles. The Hall–Kier alpha value is -1.12. The highest BCUT2D eigenvalue weighted by Crippen LogP contribution is 2.09. The van der Waals surface area contributed by atoms with Gasteiger partial charge in [0.2, 0.25) is 0 Å². The summed E-state index contributed by atoms with van der Waals surface area (Å²) in [6.07, 6.45) is 1.10. The summed E-state index contributed by atoms with van der Waals surface area (Å²) >= 11 is 0. The van der Waals surface area contributed by atoms with E-state index in [0.29, 0.717) is 30.1 Å². The van der Waals surface area contributed by atoms with E-state index in [1.807, 2.05) is 0 Å². The maximum absolute atomic E-state index is 7.23. The summed E-state index contributed by atoms with van der Waals surface area (Å²) in [5.74, 6) is 0.510. The minimum absolute atomic E-state index is 0.510. The Labute approximate surface area is 53.8 Å². The average Bonchev–Trinajstić information content (AvgIpc) is 1.59. The standard InChI is InChI=1S/C6H9N3/c1-4-2-5(7)3-6(8)9-4/h7H,1-3H2,(H2,8,9). The number of rotatable bonds is 0. The number of hydrogen-bond donors (Lipinski definition) is 2. The Morgan fingerprint density at radius 1 is 1.56 bits per heavy atom. The largest absolute Gasteiger partial charge is 0.387 e. The summed E-state index contributed by atoms with van der Waals surface area (Å²) in [5.41, 5.74) is 6.67. The third-order valence-corrected chi connectivity index (χ3v) is 1.11. The lowest BCUT2D eigenvalue weighted by atomic mass is 10.1. The van der Waals surface area contributed by atoms with Crippen LogP contribution in [0.15, 0.2) is 17.3 Å². The molecule has 0 aromatic carbocycles. The van der Waals surface area contributed by atoms with Crippen molar-refractivity contribution in [2.75, 3.05) is 0 Å². The highest BCUT2D eigenvalue weighted by Gasteiger charge is 2.08. The minimum atomic E-state index is 0.510. The second-order valence-electron chi connectivity index (χ2n) is 2.13. The molecule has 48 valence electrons. The van der Waals surface area contributed by atoms with Gasteiger partial charge in [0.1, 0.15) is 5.84 Å². The maximum Gasteiger partial charge on any atom is 0.105 e. The van der Waals surface area contributed by atoms with E-state index in [1.54, 1.807) is 0 Å². The van der Waals surface area contributed by atoms with Crippen LogP contribution in [0.1, 0.15) is 12.8 Å². The number of nitrogens with zero attached hydrogens (tertiary/aromatic N) is 1. The van der Waals surface area contributed by atoms with Crippen molar-refractivity contribution < 1.29 is 0 Å². The molecule has 9 heavy (non-hydrogen) atoms. The molecule has 0 aromatic rings. The first-order valence-electron chi connectivity index (χ1n) is 2.75. The van der Waals surface area contributed by atoms with E-state index in [2.05, 4.69) is 11.6 Å². The van der Waals surface area contributed by atoms with Gasteiger partial charge in [-0.05, 0) is 0 Å². The number of aliphatic imine (C=N–C) groups is 1. The van der Waals surface area contributed by atoms with Gasteiger partial charge in [0.15, 0.2) is 0 Å². The highest BCUT2D eigenvalue weighted by atomic mass is 14.9. The van der Waals surface area contributed by atoms with Gasteiger partial charge in [0, 0.05) is 24.3 Å². The van der Waals surface area contributed by atoms with Gasteiger partial charge in [-0.15, -0.1) is 0 Å². The molecule has 0 aliphatic carbocycles. The molecule has 1 aliphatic rings. The van der Waals surface area contributed by atoms with Gasteiger partial charge in [0.25, 0.3) is 0 Å². The zero-order valence-electron chi connectivity index (χ0n) is 5.15. The molecule has 1 aliphatic heterocycles. The topological polar surface area (TPSA) is 62.2 Å². The molecule has 0 aromatic heterocycles. The molecule has 3 heteroatoms. The molecular formula is C6H9N3. The van der Waals surface area contributed by atoms with E-state index in [9.17, 15) is 0 Å². The van der Waals surface area contributed by atoms with E-state index in [-0.39, 0.29) is 0 Å². The average molecular weight is 123 g/mol. The van der Waals surface area contributed by atoms with Crippen LogP contribution in [0.25, 0.3) is 0 Å². The van der Waals surface area contributed by atoms with Crippen molar-refractivity contribution in [1.82, 2.24) is 0 Å². The molecule has 0 radical (unpaired) electrons. The minimum Gasteiger partial charge on any atom is -0.387 e. The van der Waals surface area contributed by atoms with Crippen LogP contribution in [-0.2, 0) is 0 Å². The molecule has 1 heterocycles. The maximum atomic E-state index is 7.23. The van der Waals surface area contributed by atoms with E-state index >= 15 is 0 Å². The fourth-order valence-corrected chi connectivity index (χ4v) is 0.810. The van der Waals surface area contributed by atoms with Gasteiger partial charge in [-0.2, -0.15) is 0 Å². The van der Waals surface area contributed by atoms with Gasteiger partial charge < -0.3 is 11.1 Å². The van der Waals surface area contributed by atoms with Gasteiger partial charge in [-0.3, -0.25) is 0 Å². The number of nitrogens with one attached hydrogen (secondary N) is 1. The van der Waals surface area contributed by atoms with Gasteiger partial charge >= 0.3 is 0 Å². The van der Waals surface area contributed by atoms with Gasteiger partial charge in [-0.1, -0.05) is 6.58 Å². The highest BCUT2D eigenvalue weighted by molar-refractivity contribution is 6.04. The number of amidine groups is 1. The zero-order chi connectivity index (χ0) is 6.85. The van der Waals surface area contributed by atoms with E-state index < -0.39 is 0 Å². The van der Waals surface area contributed by atoms with Crippen molar-refractivity contribution in [1.29, 1.82) is 5.41 Å². The van der Waals surface area contributed by atoms with Crippen molar-refractivity contribution in [3.8, 4) is 0 Å². The molecule has 0 atom stereocenters. The van der Waals surface area contributed by atoms with Crippen LogP contribution in [0.4, 0.5) is 0 Å². The number of nitrogens with two attached hydrogens (primary N) is 1. The van der Waals surface area contributed by atoms with Crippen molar-refractivity contribution in [2.45, 2.75) is 12.8 Å². The van der Waals surface area contributed by atoms with Crippen molar-refractivity contribution in [3.05, 3.63) is 12.3 Å². The Balaban J connectivity index is 2.79. The summed E-state index contributed by atoms with van der Waals surface area (Å²) in [6.45, 7) is 3.61. The Morgan fingerprint density at radius 2 is 2.22 bits per heavy atom. The van der Waals surface area contributed by atoms with Crippen LogP contribution in [0.2, 0.25) is 0 Å². The smallest absolute Gasteiger partial charge is 0.105 e. The molecule has 0 spiro atoms. The van der Waals surface area contributed by atoms with Crippen molar-refractivity contribution in [2.24, 2.45) is 10.7 Å². The first kappa shape index (κ1) is 6.01. The number of hydrogen-bond acceptors (Lipinski definition) is 3. The first-order valence-corrected chi connectivity index (χ1v) is 2.75. The predicted molar refractivity (Wildman–Crippen MR) is 37.7 cm³/mol. The van der Waals surface area contributed by atoms with Crippen LogP contribution in [0.3, 0.4) is 0 Å². The molecule has 0 saturated heterocycles. The second-order valence-corrected chi connectivity index (χ2v) is 2.13. The van der Waals surface area contributed by atoms with Crippen LogP contribution < -0.4 is 5.73 Å². The molecule has 0 amide bonds. The molecule has 0 bridgehead atoms. The molecule has 3 nitrogen and oxygen atoms in total. The lowest BCUT2D eigenvalue weighted by Crippen LogP contribution is -2.20. The van der Waals surface area contributed by atoms with Crippen LogP contribution in [0.5, 0.6) is 0 Å². The summed E-state index contributed by atoms with van der Waals surface area (Å²) in [7, 11) is 0. The quantitative estimate of drug-likeness (QED) is 0.488. The fourth-order valence-electron chi connectivity index (χ4n) is 0.810. The molecule has 0 fully saturated rings. The van der Waals surface area contributed by atoms with E-state index in [4.69, 9.17) is 11.1 Å². The Morgan fingerprint density at radius 3 is 2.67 bits per heavy atom. The van der Waals surface area contributed by atoms with Crippen LogP contribution in [-0.4, -0.2) is 11.5 Å². The predicted octanol–water partition coefficient (Wildman–Crippen LogP) is 0.671. The monoisotopic (exact) mass is 123 g/mol. The summed E-state index contributed by atoms with van der Waals surface area (Å²) in [4.78, 5) is 3.89. The van der Waals surface area contributed by atoms with Gasteiger partial charge in [0.05, 0.1) is 0 Å². The van der Waals surface area contributed by atoms with E-state index in [0.717, 1.165) is 0 Å². The summed E-state index contributed by atoms with van der Waals surface area (Å²) in [5, 5.41) is 7.23. The third kappa shape index (κ3) is 1.38.